The summed E-state index contributed by atoms with van der Waals surface area (Å²) in [5.41, 5.74) is 3.59. The fourth-order valence-electron chi connectivity index (χ4n) is 2.34. The summed E-state index contributed by atoms with van der Waals surface area (Å²) in [5.74, 6) is 1.77. The molecule has 0 saturated heterocycles. The summed E-state index contributed by atoms with van der Waals surface area (Å²) in [6, 6.07) is 12.5. The normalized spacial score (nSPS) is 10.8. The molecule has 0 aliphatic heterocycles. The van der Waals surface area contributed by atoms with E-state index in [0.29, 0.717) is 0 Å². The smallest absolute Gasteiger partial charge is 0.191 e. The first kappa shape index (κ1) is 14.8. The number of hydrogen-bond acceptors (Lipinski definition) is 4. The van der Waals surface area contributed by atoms with Gasteiger partial charge in [0.15, 0.2) is 11.0 Å². The SMILES string of the molecule is CCn1c(SCc2cccc(C)c2)nnc1-c1cccnc1. The molecule has 0 amide bonds. The summed E-state index contributed by atoms with van der Waals surface area (Å²) < 4.78 is 2.14. The van der Waals surface area contributed by atoms with E-state index in [0.717, 1.165) is 28.8 Å². The molecule has 4 nitrogen and oxygen atoms in total. The zero-order chi connectivity index (χ0) is 15.4. The van der Waals surface area contributed by atoms with Crippen LogP contribution in [0.25, 0.3) is 11.4 Å². The van der Waals surface area contributed by atoms with Crippen LogP contribution in [0.2, 0.25) is 0 Å². The molecule has 0 saturated carbocycles. The largest absolute Gasteiger partial charge is 0.302 e. The number of rotatable bonds is 5. The number of nitrogens with zero attached hydrogens (tertiary/aromatic N) is 4. The van der Waals surface area contributed by atoms with Crippen LogP contribution < -0.4 is 0 Å². The Morgan fingerprint density at radius 2 is 2.05 bits per heavy atom. The molecule has 2 aromatic heterocycles. The van der Waals surface area contributed by atoms with E-state index in [1.54, 1.807) is 18.0 Å². The minimum absolute atomic E-state index is 0.841. The Bertz CT molecular complexity index is 752. The Hall–Kier alpha value is -2.14. The van der Waals surface area contributed by atoms with Gasteiger partial charge in [-0.25, -0.2) is 0 Å². The molecule has 0 bridgehead atoms. The van der Waals surface area contributed by atoms with E-state index in [2.05, 4.69) is 57.9 Å². The van der Waals surface area contributed by atoms with E-state index in [1.165, 1.54) is 11.1 Å². The Kier molecular flexibility index (Phi) is 4.53. The van der Waals surface area contributed by atoms with Crippen LogP contribution in [0.15, 0.2) is 53.9 Å². The van der Waals surface area contributed by atoms with Crippen molar-refractivity contribution in [3.8, 4) is 11.4 Å². The van der Waals surface area contributed by atoms with Gasteiger partial charge < -0.3 is 4.57 Å². The number of pyridine rings is 1. The maximum absolute atomic E-state index is 4.35. The van der Waals surface area contributed by atoms with Gasteiger partial charge in [-0.2, -0.15) is 0 Å². The van der Waals surface area contributed by atoms with Crippen molar-refractivity contribution in [3.05, 3.63) is 59.9 Å². The van der Waals surface area contributed by atoms with Crippen LogP contribution in [-0.4, -0.2) is 19.7 Å². The number of benzene rings is 1. The number of aryl methyl sites for hydroxylation is 1. The van der Waals surface area contributed by atoms with Crippen molar-refractivity contribution in [2.45, 2.75) is 31.3 Å². The molecule has 112 valence electrons. The first-order chi connectivity index (χ1) is 10.8. The Morgan fingerprint density at radius 1 is 1.14 bits per heavy atom. The highest BCUT2D eigenvalue weighted by Crippen LogP contribution is 2.26. The van der Waals surface area contributed by atoms with Crippen LogP contribution in [0.4, 0.5) is 0 Å². The van der Waals surface area contributed by atoms with Crippen molar-refractivity contribution < 1.29 is 0 Å². The molecular formula is C17H18N4S. The molecule has 0 radical (unpaired) electrons. The van der Waals surface area contributed by atoms with E-state index >= 15 is 0 Å². The van der Waals surface area contributed by atoms with Crippen LogP contribution in [-0.2, 0) is 12.3 Å². The van der Waals surface area contributed by atoms with Crippen LogP contribution in [0.5, 0.6) is 0 Å². The minimum Gasteiger partial charge on any atom is -0.302 e. The zero-order valence-corrected chi connectivity index (χ0v) is 13.5. The van der Waals surface area contributed by atoms with Gasteiger partial charge in [0.25, 0.3) is 0 Å². The van der Waals surface area contributed by atoms with Crippen LogP contribution >= 0.6 is 11.8 Å². The molecule has 0 N–H and O–H groups in total. The molecule has 0 fully saturated rings. The summed E-state index contributed by atoms with van der Waals surface area (Å²) in [6.45, 7) is 5.07. The van der Waals surface area contributed by atoms with Gasteiger partial charge >= 0.3 is 0 Å². The van der Waals surface area contributed by atoms with Crippen molar-refractivity contribution in [2.24, 2.45) is 0 Å². The van der Waals surface area contributed by atoms with Crippen molar-refractivity contribution >= 4 is 11.8 Å². The third-order valence-corrected chi connectivity index (χ3v) is 4.44. The second kappa shape index (κ2) is 6.75. The fraction of sp³-hybridized carbons (Fsp3) is 0.235. The molecule has 5 heteroatoms. The Morgan fingerprint density at radius 3 is 2.77 bits per heavy atom. The van der Waals surface area contributed by atoms with Crippen molar-refractivity contribution in [1.29, 1.82) is 0 Å². The summed E-state index contributed by atoms with van der Waals surface area (Å²) in [4.78, 5) is 4.16. The van der Waals surface area contributed by atoms with Gasteiger partial charge in [0.2, 0.25) is 0 Å². The van der Waals surface area contributed by atoms with Gasteiger partial charge in [-0.3, -0.25) is 4.98 Å². The molecule has 0 aliphatic carbocycles. The number of hydrogen-bond donors (Lipinski definition) is 0. The molecule has 0 atom stereocenters. The standard InChI is InChI=1S/C17H18N4S/c1-3-21-16(15-8-5-9-18-11-15)19-20-17(21)22-12-14-7-4-6-13(2)10-14/h4-11H,3,12H2,1-2H3. The highest BCUT2D eigenvalue weighted by Gasteiger charge is 2.13. The lowest BCUT2D eigenvalue weighted by Gasteiger charge is -2.07. The van der Waals surface area contributed by atoms with E-state index in [1.807, 2.05) is 18.3 Å². The third kappa shape index (κ3) is 3.20. The summed E-state index contributed by atoms with van der Waals surface area (Å²) in [6.07, 6.45) is 3.59. The predicted molar refractivity (Wildman–Crippen MR) is 89.7 cm³/mol. The van der Waals surface area contributed by atoms with Crippen molar-refractivity contribution in [1.82, 2.24) is 19.7 Å². The second-order valence-corrected chi connectivity index (χ2v) is 6.01. The average molecular weight is 310 g/mol. The first-order valence-corrected chi connectivity index (χ1v) is 8.28. The molecule has 0 aliphatic rings. The van der Waals surface area contributed by atoms with E-state index in [9.17, 15) is 0 Å². The third-order valence-electron chi connectivity index (χ3n) is 3.40. The van der Waals surface area contributed by atoms with Crippen LogP contribution in [0.1, 0.15) is 18.1 Å². The lowest BCUT2D eigenvalue weighted by molar-refractivity contribution is 0.687. The zero-order valence-electron chi connectivity index (χ0n) is 12.7. The van der Waals surface area contributed by atoms with Crippen molar-refractivity contribution in [2.75, 3.05) is 0 Å². The van der Waals surface area contributed by atoms with E-state index in [4.69, 9.17) is 0 Å². The molecule has 0 unspecified atom stereocenters. The van der Waals surface area contributed by atoms with Crippen LogP contribution in [0, 0.1) is 6.92 Å². The monoisotopic (exact) mass is 310 g/mol. The van der Waals surface area contributed by atoms with Gasteiger partial charge in [0, 0.05) is 30.3 Å². The summed E-state index contributed by atoms with van der Waals surface area (Å²) in [7, 11) is 0. The molecular weight excluding hydrogens is 292 g/mol. The van der Waals surface area contributed by atoms with Gasteiger partial charge in [0.05, 0.1) is 0 Å². The summed E-state index contributed by atoms with van der Waals surface area (Å²) >= 11 is 1.72. The molecule has 1 aromatic carbocycles. The highest BCUT2D eigenvalue weighted by atomic mass is 32.2. The Balaban J connectivity index is 1.81. The van der Waals surface area contributed by atoms with Gasteiger partial charge in [0.1, 0.15) is 0 Å². The quantitative estimate of drug-likeness (QED) is 0.669. The summed E-state index contributed by atoms with van der Waals surface area (Å²) in [5, 5.41) is 9.64. The molecule has 22 heavy (non-hydrogen) atoms. The predicted octanol–water partition coefficient (Wildman–Crippen LogP) is 3.96. The lowest BCUT2D eigenvalue weighted by Crippen LogP contribution is -2.00. The average Bonchev–Trinajstić information content (AvgIpc) is 2.97. The highest BCUT2D eigenvalue weighted by molar-refractivity contribution is 7.98. The maximum Gasteiger partial charge on any atom is 0.191 e. The number of aromatic nitrogens is 4. The van der Waals surface area contributed by atoms with E-state index in [-0.39, 0.29) is 0 Å². The molecule has 3 rings (SSSR count). The topological polar surface area (TPSA) is 43.6 Å². The van der Waals surface area contributed by atoms with Gasteiger partial charge in [-0.1, -0.05) is 41.6 Å². The molecule has 0 spiro atoms. The molecule has 3 aromatic rings. The van der Waals surface area contributed by atoms with Gasteiger partial charge in [-0.05, 0) is 31.5 Å². The second-order valence-electron chi connectivity index (χ2n) is 5.07. The van der Waals surface area contributed by atoms with Gasteiger partial charge in [-0.15, -0.1) is 10.2 Å². The number of thioether (sulfide) groups is 1. The van der Waals surface area contributed by atoms with Crippen LogP contribution in [0.3, 0.4) is 0 Å². The first-order valence-electron chi connectivity index (χ1n) is 7.30. The molecule has 2 heterocycles. The maximum atomic E-state index is 4.35. The van der Waals surface area contributed by atoms with E-state index < -0.39 is 0 Å². The minimum atomic E-state index is 0.841. The van der Waals surface area contributed by atoms with Crippen molar-refractivity contribution in [3.63, 3.8) is 0 Å². The Labute approximate surface area is 134 Å². The lowest BCUT2D eigenvalue weighted by atomic mass is 10.2. The fourth-order valence-corrected chi connectivity index (χ4v) is 3.28.